The van der Waals surface area contributed by atoms with Gasteiger partial charge in [-0.3, -0.25) is 4.57 Å². The number of nitrogens with one attached hydrogen (secondary N) is 1. The van der Waals surface area contributed by atoms with Gasteiger partial charge in [0.2, 0.25) is 0 Å². The predicted octanol–water partition coefficient (Wildman–Crippen LogP) is -2.30. The highest BCUT2D eigenvalue weighted by Crippen LogP contribution is 2.31. The Kier molecular flexibility index (Phi) is 3.52. The summed E-state index contributed by atoms with van der Waals surface area (Å²) < 4.78 is 7.03. The van der Waals surface area contributed by atoms with E-state index in [1.54, 1.807) is 0 Å². The Morgan fingerprint density at radius 1 is 1.36 bits per heavy atom. The van der Waals surface area contributed by atoms with E-state index in [2.05, 4.69) is 20.3 Å². The van der Waals surface area contributed by atoms with Gasteiger partial charge in [0.15, 0.2) is 17.7 Å². The van der Waals surface area contributed by atoms with Crippen LogP contribution in [-0.2, 0) is 4.74 Å². The van der Waals surface area contributed by atoms with E-state index < -0.39 is 30.6 Å². The van der Waals surface area contributed by atoms with Crippen LogP contribution in [-0.4, -0.2) is 60.6 Å². The van der Waals surface area contributed by atoms with Crippen molar-refractivity contribution < 1.29 is 19.7 Å². The Morgan fingerprint density at radius 2 is 2.14 bits per heavy atom. The van der Waals surface area contributed by atoms with E-state index >= 15 is 0 Å². The van der Waals surface area contributed by atoms with E-state index in [0.717, 1.165) is 0 Å². The second-order valence-corrected chi connectivity index (χ2v) is 4.87. The highest BCUT2D eigenvalue weighted by molar-refractivity contribution is 5.81. The molecule has 11 heteroatoms. The van der Waals surface area contributed by atoms with Gasteiger partial charge in [0.25, 0.3) is 0 Å². The Hall–Kier alpha value is -2.50. The second-order valence-electron chi connectivity index (χ2n) is 4.87. The van der Waals surface area contributed by atoms with E-state index in [1.165, 1.54) is 17.2 Å². The summed E-state index contributed by atoms with van der Waals surface area (Å²) in [5.41, 5.74) is 11.4. The molecule has 1 aliphatic heterocycles. The maximum Gasteiger partial charge on any atom is 0.312 e. The van der Waals surface area contributed by atoms with Gasteiger partial charge >= 0.3 is 6.03 Å². The van der Waals surface area contributed by atoms with Crippen molar-refractivity contribution in [3.05, 3.63) is 12.7 Å². The third kappa shape index (κ3) is 2.30. The molecule has 118 valence electrons. The average molecular weight is 309 g/mol. The number of hydrogen-bond acceptors (Lipinski definition) is 8. The Morgan fingerprint density at radius 3 is 2.86 bits per heavy atom. The molecule has 2 aromatic rings. The number of aliphatic hydroxyl groups is 2. The Balaban J connectivity index is 1.87. The Bertz CT molecular complexity index is 705. The third-order valence-corrected chi connectivity index (χ3v) is 3.48. The molecule has 11 nitrogen and oxygen atoms in total. The van der Waals surface area contributed by atoms with Crippen LogP contribution in [0, 0.1) is 0 Å². The predicted molar refractivity (Wildman–Crippen MR) is 73.2 cm³/mol. The minimum Gasteiger partial charge on any atom is -0.387 e. The molecule has 0 spiro atoms. The molecular weight excluding hydrogens is 294 g/mol. The van der Waals surface area contributed by atoms with Gasteiger partial charge in [0.1, 0.15) is 30.2 Å². The van der Waals surface area contributed by atoms with Crippen LogP contribution in [0.2, 0.25) is 0 Å². The molecule has 0 radical (unpaired) electrons. The number of aromatic nitrogens is 4. The number of nitrogen functional groups attached to an aromatic ring is 1. The highest BCUT2D eigenvalue weighted by Gasteiger charge is 2.44. The SMILES string of the molecule is NC(=O)NCC1OC(n2cnc3c(N)ncnc32)C(O)C1O. The summed E-state index contributed by atoms with van der Waals surface area (Å²) in [5, 5.41) is 22.5. The number of rotatable bonds is 3. The van der Waals surface area contributed by atoms with Crippen LogP contribution in [0.4, 0.5) is 10.6 Å². The zero-order chi connectivity index (χ0) is 15.9. The summed E-state index contributed by atoms with van der Waals surface area (Å²) in [6.45, 7) is -0.0339. The van der Waals surface area contributed by atoms with Crippen LogP contribution in [0.15, 0.2) is 12.7 Å². The number of carbonyl (C=O) groups excluding carboxylic acids is 1. The second kappa shape index (κ2) is 5.36. The fourth-order valence-electron chi connectivity index (χ4n) is 2.39. The lowest BCUT2D eigenvalue weighted by Crippen LogP contribution is -2.41. The van der Waals surface area contributed by atoms with Crippen molar-refractivity contribution in [2.24, 2.45) is 5.73 Å². The fraction of sp³-hybridized carbons (Fsp3) is 0.455. The molecule has 0 aliphatic carbocycles. The number of nitrogens with two attached hydrogens (primary N) is 2. The molecule has 4 atom stereocenters. The molecule has 3 rings (SSSR count). The van der Waals surface area contributed by atoms with Crippen LogP contribution < -0.4 is 16.8 Å². The van der Waals surface area contributed by atoms with E-state index in [1.807, 2.05) is 0 Å². The molecule has 4 unspecified atom stereocenters. The number of urea groups is 1. The van der Waals surface area contributed by atoms with Crippen molar-refractivity contribution in [1.29, 1.82) is 0 Å². The minimum atomic E-state index is -1.23. The smallest absolute Gasteiger partial charge is 0.312 e. The van der Waals surface area contributed by atoms with Gasteiger partial charge in [0, 0.05) is 6.54 Å². The Labute approximate surface area is 123 Å². The van der Waals surface area contributed by atoms with Crippen molar-refractivity contribution in [3.8, 4) is 0 Å². The summed E-state index contributed by atoms with van der Waals surface area (Å²) in [4.78, 5) is 22.7. The number of nitrogens with zero attached hydrogens (tertiary/aromatic N) is 4. The molecule has 1 fully saturated rings. The fourth-order valence-corrected chi connectivity index (χ4v) is 2.39. The van der Waals surface area contributed by atoms with Crippen LogP contribution in [0.1, 0.15) is 6.23 Å². The van der Waals surface area contributed by atoms with E-state index in [4.69, 9.17) is 16.2 Å². The molecule has 3 heterocycles. The molecule has 1 saturated heterocycles. The van der Waals surface area contributed by atoms with Crippen molar-refractivity contribution in [2.45, 2.75) is 24.5 Å². The number of imidazole rings is 1. The minimum absolute atomic E-state index is 0.0339. The van der Waals surface area contributed by atoms with Gasteiger partial charge in [-0.05, 0) is 0 Å². The quantitative estimate of drug-likeness (QED) is 0.420. The monoisotopic (exact) mass is 309 g/mol. The molecule has 0 bridgehead atoms. The standard InChI is InChI=1S/C11H15N7O4/c12-8-5-9(16-2-15-8)18(3-17-5)10-7(20)6(19)4(22-10)1-14-11(13)21/h2-4,6-7,10,19-20H,1H2,(H2,12,15,16)(H3,13,14,21). The van der Waals surface area contributed by atoms with Crippen LogP contribution in [0.3, 0.4) is 0 Å². The van der Waals surface area contributed by atoms with Gasteiger partial charge in [-0.25, -0.2) is 19.7 Å². The number of amides is 2. The van der Waals surface area contributed by atoms with Crippen molar-refractivity contribution in [2.75, 3.05) is 12.3 Å². The van der Waals surface area contributed by atoms with Crippen molar-refractivity contribution in [1.82, 2.24) is 24.8 Å². The number of ether oxygens (including phenoxy) is 1. The van der Waals surface area contributed by atoms with Crippen LogP contribution in [0.5, 0.6) is 0 Å². The van der Waals surface area contributed by atoms with E-state index in [-0.39, 0.29) is 12.4 Å². The number of carbonyl (C=O) groups is 1. The maximum absolute atomic E-state index is 10.7. The number of fused-ring (bicyclic) bond motifs is 1. The van der Waals surface area contributed by atoms with E-state index in [0.29, 0.717) is 11.2 Å². The third-order valence-electron chi connectivity index (χ3n) is 3.48. The average Bonchev–Trinajstić information content (AvgIpc) is 3.01. The first kappa shape index (κ1) is 14.4. The molecule has 1 aliphatic rings. The molecule has 2 amide bonds. The molecule has 0 aromatic carbocycles. The number of aliphatic hydroxyl groups excluding tert-OH is 2. The first-order valence-corrected chi connectivity index (χ1v) is 6.47. The van der Waals surface area contributed by atoms with Gasteiger partial charge in [-0.2, -0.15) is 0 Å². The molecule has 7 N–H and O–H groups in total. The van der Waals surface area contributed by atoms with Gasteiger partial charge in [0.05, 0.1) is 6.33 Å². The maximum atomic E-state index is 10.7. The topological polar surface area (TPSA) is 174 Å². The molecule has 2 aromatic heterocycles. The first-order chi connectivity index (χ1) is 10.5. The zero-order valence-corrected chi connectivity index (χ0v) is 11.3. The van der Waals surface area contributed by atoms with Gasteiger partial charge in [-0.15, -0.1) is 0 Å². The van der Waals surface area contributed by atoms with Crippen LogP contribution >= 0.6 is 0 Å². The number of anilines is 1. The van der Waals surface area contributed by atoms with E-state index in [9.17, 15) is 15.0 Å². The highest BCUT2D eigenvalue weighted by atomic mass is 16.6. The lowest BCUT2D eigenvalue weighted by atomic mass is 10.1. The summed E-state index contributed by atoms with van der Waals surface area (Å²) in [6.07, 6.45) is -1.51. The largest absolute Gasteiger partial charge is 0.387 e. The van der Waals surface area contributed by atoms with Gasteiger partial charge < -0.3 is 31.7 Å². The summed E-state index contributed by atoms with van der Waals surface area (Å²) >= 11 is 0. The number of primary amides is 1. The summed E-state index contributed by atoms with van der Waals surface area (Å²) in [7, 11) is 0. The normalized spacial score (nSPS) is 28.1. The lowest BCUT2D eigenvalue weighted by molar-refractivity contribution is -0.0334. The molecule has 22 heavy (non-hydrogen) atoms. The summed E-state index contributed by atoms with van der Waals surface area (Å²) in [5.74, 6) is 0.198. The lowest BCUT2D eigenvalue weighted by Gasteiger charge is -2.16. The number of hydrogen-bond donors (Lipinski definition) is 5. The summed E-state index contributed by atoms with van der Waals surface area (Å²) in [6, 6.07) is -0.748. The van der Waals surface area contributed by atoms with Crippen LogP contribution in [0.25, 0.3) is 11.2 Å². The van der Waals surface area contributed by atoms with Crippen molar-refractivity contribution in [3.63, 3.8) is 0 Å². The zero-order valence-electron chi connectivity index (χ0n) is 11.3. The molecule has 0 saturated carbocycles. The van der Waals surface area contributed by atoms with Gasteiger partial charge in [-0.1, -0.05) is 0 Å². The van der Waals surface area contributed by atoms with Crippen molar-refractivity contribution >= 4 is 23.0 Å². The molecular formula is C11H15N7O4. The first-order valence-electron chi connectivity index (χ1n) is 6.47.